The lowest BCUT2D eigenvalue weighted by Gasteiger charge is -2.24. The zero-order chi connectivity index (χ0) is 9.31. The third kappa shape index (κ3) is 1.44. The van der Waals surface area contributed by atoms with Gasteiger partial charge in [0.15, 0.2) is 0 Å². The standard InChI is InChI=1S/C10H9BrO2/c1-10(12-6-7-13-10)8-4-2-3-5-9(8)11/h2-7H,1H3. The molecule has 2 rings (SSSR count). The first kappa shape index (κ1) is 8.63. The van der Waals surface area contributed by atoms with E-state index in [4.69, 9.17) is 9.47 Å². The molecule has 0 fully saturated rings. The lowest BCUT2D eigenvalue weighted by molar-refractivity contribution is -0.133. The van der Waals surface area contributed by atoms with E-state index in [9.17, 15) is 0 Å². The first-order chi connectivity index (χ1) is 6.22. The lowest BCUT2D eigenvalue weighted by atomic mass is 10.1. The van der Waals surface area contributed by atoms with Gasteiger partial charge in [0.1, 0.15) is 12.5 Å². The quantitative estimate of drug-likeness (QED) is 0.751. The monoisotopic (exact) mass is 240 g/mol. The van der Waals surface area contributed by atoms with Crippen LogP contribution in [0.1, 0.15) is 12.5 Å². The van der Waals surface area contributed by atoms with Crippen LogP contribution in [0.3, 0.4) is 0 Å². The van der Waals surface area contributed by atoms with E-state index in [0.717, 1.165) is 10.0 Å². The van der Waals surface area contributed by atoms with Gasteiger partial charge in [-0.25, -0.2) is 0 Å². The third-order valence-electron chi connectivity index (χ3n) is 2.00. The number of hydrogen-bond donors (Lipinski definition) is 0. The smallest absolute Gasteiger partial charge is 0.274 e. The van der Waals surface area contributed by atoms with Gasteiger partial charge >= 0.3 is 0 Å². The van der Waals surface area contributed by atoms with Gasteiger partial charge < -0.3 is 9.47 Å². The van der Waals surface area contributed by atoms with Gasteiger partial charge in [-0.05, 0) is 6.07 Å². The van der Waals surface area contributed by atoms with Crippen LogP contribution < -0.4 is 0 Å². The highest BCUT2D eigenvalue weighted by molar-refractivity contribution is 9.10. The molecule has 1 aromatic carbocycles. The fraction of sp³-hybridized carbons (Fsp3) is 0.200. The first-order valence-electron chi connectivity index (χ1n) is 3.98. The number of rotatable bonds is 1. The Bertz CT molecular complexity index is 339. The summed E-state index contributed by atoms with van der Waals surface area (Å²) in [5.74, 6) is -0.680. The molecule has 1 heterocycles. The molecule has 1 aromatic rings. The number of halogens is 1. The average Bonchev–Trinajstić information content (AvgIpc) is 2.54. The van der Waals surface area contributed by atoms with E-state index in [1.807, 2.05) is 31.2 Å². The van der Waals surface area contributed by atoms with Gasteiger partial charge in [-0.3, -0.25) is 0 Å². The van der Waals surface area contributed by atoms with Crippen molar-refractivity contribution in [2.45, 2.75) is 12.7 Å². The van der Waals surface area contributed by atoms with E-state index < -0.39 is 5.79 Å². The summed E-state index contributed by atoms with van der Waals surface area (Å²) in [6, 6.07) is 7.85. The van der Waals surface area contributed by atoms with Gasteiger partial charge in [-0.15, -0.1) is 0 Å². The summed E-state index contributed by atoms with van der Waals surface area (Å²) in [6.07, 6.45) is 3.11. The van der Waals surface area contributed by atoms with Crippen LogP contribution in [0.4, 0.5) is 0 Å². The van der Waals surface area contributed by atoms with Gasteiger partial charge in [-0.1, -0.05) is 34.1 Å². The maximum Gasteiger partial charge on any atom is 0.274 e. The molecule has 13 heavy (non-hydrogen) atoms. The Morgan fingerprint density at radius 1 is 1.15 bits per heavy atom. The van der Waals surface area contributed by atoms with Gasteiger partial charge in [0.05, 0.1) is 0 Å². The molecule has 0 unspecified atom stereocenters. The van der Waals surface area contributed by atoms with Crippen molar-refractivity contribution in [3.8, 4) is 0 Å². The molecule has 3 heteroatoms. The number of ether oxygens (including phenoxy) is 2. The topological polar surface area (TPSA) is 18.5 Å². The Labute approximate surface area is 85.3 Å². The van der Waals surface area contributed by atoms with Crippen molar-refractivity contribution in [2.24, 2.45) is 0 Å². The minimum absolute atomic E-state index is 0.680. The summed E-state index contributed by atoms with van der Waals surface area (Å²) in [5.41, 5.74) is 0.986. The Balaban J connectivity index is 2.40. The van der Waals surface area contributed by atoms with E-state index in [-0.39, 0.29) is 0 Å². The molecule has 68 valence electrons. The van der Waals surface area contributed by atoms with E-state index >= 15 is 0 Å². The summed E-state index contributed by atoms with van der Waals surface area (Å²) < 4.78 is 11.7. The van der Waals surface area contributed by atoms with Crippen LogP contribution >= 0.6 is 15.9 Å². The van der Waals surface area contributed by atoms with Crippen LogP contribution in [0.2, 0.25) is 0 Å². The van der Waals surface area contributed by atoms with Crippen molar-refractivity contribution in [1.82, 2.24) is 0 Å². The van der Waals surface area contributed by atoms with E-state index in [1.54, 1.807) is 12.5 Å². The first-order valence-corrected chi connectivity index (χ1v) is 4.77. The van der Waals surface area contributed by atoms with Crippen molar-refractivity contribution >= 4 is 15.9 Å². The van der Waals surface area contributed by atoms with Crippen LogP contribution in [0.15, 0.2) is 41.3 Å². The van der Waals surface area contributed by atoms with E-state index in [0.29, 0.717) is 0 Å². The average molecular weight is 241 g/mol. The number of hydrogen-bond acceptors (Lipinski definition) is 2. The van der Waals surface area contributed by atoms with Crippen molar-refractivity contribution < 1.29 is 9.47 Å². The van der Waals surface area contributed by atoms with E-state index in [2.05, 4.69) is 15.9 Å². The maximum atomic E-state index is 5.37. The zero-order valence-corrected chi connectivity index (χ0v) is 8.74. The van der Waals surface area contributed by atoms with Crippen LogP contribution in [-0.2, 0) is 15.3 Å². The summed E-state index contributed by atoms with van der Waals surface area (Å²) in [6.45, 7) is 1.88. The van der Waals surface area contributed by atoms with E-state index in [1.165, 1.54) is 0 Å². The second kappa shape index (κ2) is 3.07. The fourth-order valence-electron chi connectivity index (χ4n) is 1.30. The summed E-state index contributed by atoms with van der Waals surface area (Å²) >= 11 is 3.45. The molecule has 0 aliphatic carbocycles. The van der Waals surface area contributed by atoms with Crippen LogP contribution in [0.25, 0.3) is 0 Å². The van der Waals surface area contributed by atoms with Crippen LogP contribution in [-0.4, -0.2) is 0 Å². The minimum atomic E-state index is -0.680. The second-order valence-corrected chi connectivity index (χ2v) is 3.79. The van der Waals surface area contributed by atoms with Gasteiger partial charge in [0.25, 0.3) is 5.79 Å². The van der Waals surface area contributed by atoms with Crippen LogP contribution in [0, 0.1) is 0 Å². The number of benzene rings is 1. The normalized spacial score (nSPS) is 18.0. The molecule has 0 radical (unpaired) electrons. The molecule has 0 bridgehead atoms. The molecular formula is C10H9BrO2. The molecule has 0 spiro atoms. The van der Waals surface area contributed by atoms with Crippen molar-refractivity contribution in [2.75, 3.05) is 0 Å². The molecule has 0 saturated carbocycles. The molecule has 2 nitrogen and oxygen atoms in total. The molecule has 0 N–H and O–H groups in total. The molecular weight excluding hydrogens is 232 g/mol. The van der Waals surface area contributed by atoms with Gasteiger partial charge in [0.2, 0.25) is 0 Å². The molecule has 1 aliphatic rings. The Morgan fingerprint density at radius 2 is 1.77 bits per heavy atom. The lowest BCUT2D eigenvalue weighted by Crippen LogP contribution is -2.22. The minimum Gasteiger partial charge on any atom is -0.453 e. The summed E-state index contributed by atoms with van der Waals surface area (Å²) in [5, 5.41) is 0. The fourth-order valence-corrected chi connectivity index (χ4v) is 1.94. The SMILES string of the molecule is CC1(c2ccccc2Br)OC=CO1. The highest BCUT2D eigenvalue weighted by Gasteiger charge is 2.33. The van der Waals surface area contributed by atoms with Crippen molar-refractivity contribution in [1.29, 1.82) is 0 Å². The maximum absolute atomic E-state index is 5.37. The highest BCUT2D eigenvalue weighted by Crippen LogP contribution is 2.35. The van der Waals surface area contributed by atoms with Gasteiger partial charge in [-0.2, -0.15) is 0 Å². The molecule has 0 atom stereocenters. The predicted octanol–water partition coefficient (Wildman–Crippen LogP) is 3.14. The molecule has 0 aromatic heterocycles. The zero-order valence-electron chi connectivity index (χ0n) is 7.16. The summed E-state index contributed by atoms with van der Waals surface area (Å²) in [4.78, 5) is 0. The Morgan fingerprint density at radius 3 is 2.38 bits per heavy atom. The molecule has 0 amide bonds. The van der Waals surface area contributed by atoms with Crippen LogP contribution in [0.5, 0.6) is 0 Å². The Kier molecular flexibility index (Phi) is 2.04. The second-order valence-electron chi connectivity index (χ2n) is 2.93. The molecule has 1 aliphatic heterocycles. The Hall–Kier alpha value is -0.960. The predicted molar refractivity (Wildman–Crippen MR) is 52.8 cm³/mol. The highest BCUT2D eigenvalue weighted by atomic mass is 79.9. The third-order valence-corrected chi connectivity index (χ3v) is 2.70. The van der Waals surface area contributed by atoms with Crippen molar-refractivity contribution in [3.63, 3.8) is 0 Å². The largest absolute Gasteiger partial charge is 0.453 e. The summed E-state index contributed by atoms with van der Waals surface area (Å²) in [7, 11) is 0. The van der Waals surface area contributed by atoms with Gasteiger partial charge in [0, 0.05) is 17.0 Å². The molecule has 0 saturated heterocycles. The van der Waals surface area contributed by atoms with Crippen molar-refractivity contribution in [3.05, 3.63) is 46.8 Å².